The van der Waals surface area contributed by atoms with E-state index in [0.717, 1.165) is 11.3 Å². The van der Waals surface area contributed by atoms with Crippen LogP contribution in [0.2, 0.25) is 0 Å². The van der Waals surface area contributed by atoms with Gasteiger partial charge < -0.3 is 0 Å². The topological polar surface area (TPSA) is 0 Å². The lowest BCUT2D eigenvalue weighted by atomic mass is 10.1. The Morgan fingerprint density at radius 1 is 0.867 bits per heavy atom. The second kappa shape index (κ2) is 7.66. The highest BCUT2D eigenvalue weighted by atomic mass is 31.1. The van der Waals surface area contributed by atoms with E-state index >= 15 is 0 Å². The maximum absolute atomic E-state index is 2.41. The Morgan fingerprint density at radius 3 is 1.93 bits per heavy atom. The third kappa shape index (κ3) is 4.06. The second-order valence-electron chi connectivity index (χ2n) is 5.00. The Hall–Kier alpha value is 0.430. The highest BCUT2D eigenvalue weighted by Crippen LogP contribution is 2.58. The first-order chi connectivity index (χ1) is 7.33. The van der Waals surface area contributed by atoms with Crippen molar-refractivity contribution in [2.24, 2.45) is 0 Å². The molecule has 0 saturated carbocycles. The number of hydrogen-bond donors (Lipinski definition) is 0. The van der Waals surface area contributed by atoms with Crippen molar-refractivity contribution >= 4 is 7.92 Å². The van der Waals surface area contributed by atoms with Crippen LogP contribution >= 0.6 is 7.92 Å². The van der Waals surface area contributed by atoms with Crippen LogP contribution in [-0.2, 0) is 0 Å². The van der Waals surface area contributed by atoms with E-state index in [0.29, 0.717) is 7.92 Å². The molecule has 0 aromatic carbocycles. The van der Waals surface area contributed by atoms with Crippen molar-refractivity contribution < 1.29 is 0 Å². The minimum atomic E-state index is 0.411. The summed E-state index contributed by atoms with van der Waals surface area (Å²) in [5.74, 6) is 0. The molecule has 0 radical (unpaired) electrons. The molecule has 1 rings (SSSR count). The summed E-state index contributed by atoms with van der Waals surface area (Å²) in [6.07, 6.45) is 13.4. The zero-order chi connectivity index (χ0) is 11.1. The van der Waals surface area contributed by atoms with E-state index < -0.39 is 0 Å². The fourth-order valence-corrected chi connectivity index (χ4v) is 6.79. The predicted octanol–water partition coefficient (Wildman–Crippen LogP) is 5.40. The molecule has 1 aliphatic heterocycles. The summed E-state index contributed by atoms with van der Waals surface area (Å²) in [6, 6.07) is 0. The van der Waals surface area contributed by atoms with Crippen molar-refractivity contribution in [1.82, 2.24) is 0 Å². The summed E-state index contributed by atoms with van der Waals surface area (Å²) < 4.78 is 0. The third-order valence-corrected chi connectivity index (χ3v) is 7.94. The summed E-state index contributed by atoms with van der Waals surface area (Å²) in [7, 11) is 0.411. The summed E-state index contributed by atoms with van der Waals surface area (Å²) in [5, 5.41) is 0. The molecule has 0 spiro atoms. The first kappa shape index (κ1) is 13.5. The third-order valence-electron chi connectivity index (χ3n) is 3.98. The highest BCUT2D eigenvalue weighted by molar-refractivity contribution is 7.59. The van der Waals surface area contributed by atoms with E-state index in [9.17, 15) is 0 Å². The van der Waals surface area contributed by atoms with Crippen LogP contribution in [0.15, 0.2) is 0 Å². The molecule has 1 heteroatoms. The smallest absolute Gasteiger partial charge is 0.0209 e. The Bertz CT molecular complexity index is 143. The van der Waals surface area contributed by atoms with Crippen LogP contribution in [0.1, 0.15) is 72.1 Å². The maximum Gasteiger partial charge on any atom is -0.0209 e. The molecule has 0 aromatic heterocycles. The molecule has 0 N–H and O–H groups in total. The van der Waals surface area contributed by atoms with Gasteiger partial charge in [-0.3, -0.25) is 0 Å². The molecular formula is C14H29P. The van der Waals surface area contributed by atoms with Gasteiger partial charge in [0.2, 0.25) is 0 Å². The molecule has 2 unspecified atom stereocenters. The average Bonchev–Trinajstić information content (AvgIpc) is 2.66. The Kier molecular flexibility index (Phi) is 6.89. The van der Waals surface area contributed by atoms with Gasteiger partial charge in [-0.2, -0.15) is 0 Å². The predicted molar refractivity (Wildman–Crippen MR) is 73.3 cm³/mol. The zero-order valence-electron chi connectivity index (χ0n) is 11.0. The SMILES string of the molecule is CCCCCCP1C(CC)CCC1CC. The molecule has 0 aliphatic carbocycles. The molecule has 2 atom stereocenters. The first-order valence-electron chi connectivity index (χ1n) is 7.09. The van der Waals surface area contributed by atoms with Crippen molar-refractivity contribution in [3.8, 4) is 0 Å². The minimum Gasteiger partial charge on any atom is -0.100 e. The molecule has 0 aromatic rings. The van der Waals surface area contributed by atoms with Crippen molar-refractivity contribution in [1.29, 1.82) is 0 Å². The molecule has 0 amide bonds. The van der Waals surface area contributed by atoms with Gasteiger partial charge in [-0.05, 0) is 49.6 Å². The van der Waals surface area contributed by atoms with Crippen molar-refractivity contribution in [2.45, 2.75) is 83.5 Å². The van der Waals surface area contributed by atoms with Gasteiger partial charge in [0, 0.05) is 0 Å². The van der Waals surface area contributed by atoms with Crippen molar-refractivity contribution in [3.05, 3.63) is 0 Å². The normalized spacial score (nSPS) is 31.0. The van der Waals surface area contributed by atoms with E-state index in [4.69, 9.17) is 0 Å². The van der Waals surface area contributed by atoms with Crippen LogP contribution in [-0.4, -0.2) is 17.5 Å². The highest BCUT2D eigenvalue weighted by Gasteiger charge is 2.32. The molecule has 1 fully saturated rings. The molecule has 90 valence electrons. The average molecular weight is 228 g/mol. The molecule has 15 heavy (non-hydrogen) atoms. The monoisotopic (exact) mass is 228 g/mol. The van der Waals surface area contributed by atoms with Crippen LogP contribution in [0.5, 0.6) is 0 Å². The molecular weight excluding hydrogens is 199 g/mol. The number of hydrogen-bond acceptors (Lipinski definition) is 0. The van der Waals surface area contributed by atoms with Crippen LogP contribution < -0.4 is 0 Å². The van der Waals surface area contributed by atoms with Crippen molar-refractivity contribution in [3.63, 3.8) is 0 Å². The fourth-order valence-electron chi connectivity index (χ4n) is 2.98. The van der Waals surface area contributed by atoms with Crippen LogP contribution in [0, 0.1) is 0 Å². The Labute approximate surface area is 98.0 Å². The molecule has 0 nitrogen and oxygen atoms in total. The lowest BCUT2D eigenvalue weighted by Crippen LogP contribution is -2.05. The van der Waals surface area contributed by atoms with Gasteiger partial charge >= 0.3 is 0 Å². The molecule has 1 saturated heterocycles. The van der Waals surface area contributed by atoms with Crippen LogP contribution in [0.4, 0.5) is 0 Å². The standard InChI is InChI=1S/C14H29P/c1-4-7-8-9-12-15-13(5-2)10-11-14(15)6-3/h13-14H,4-12H2,1-3H3. The molecule has 1 heterocycles. The Balaban J connectivity index is 2.27. The lowest BCUT2D eigenvalue weighted by Gasteiger charge is -2.24. The van der Waals surface area contributed by atoms with Gasteiger partial charge in [-0.15, -0.1) is 7.92 Å². The summed E-state index contributed by atoms with van der Waals surface area (Å²) in [6.45, 7) is 7.12. The largest absolute Gasteiger partial charge is 0.100 e. The lowest BCUT2D eigenvalue weighted by molar-refractivity contribution is 0.696. The van der Waals surface area contributed by atoms with E-state index in [-0.39, 0.29) is 0 Å². The summed E-state index contributed by atoms with van der Waals surface area (Å²) >= 11 is 0. The van der Waals surface area contributed by atoms with Gasteiger partial charge in [0.1, 0.15) is 0 Å². The van der Waals surface area contributed by atoms with Gasteiger partial charge in [0.25, 0.3) is 0 Å². The van der Waals surface area contributed by atoms with Gasteiger partial charge in [0.15, 0.2) is 0 Å². The minimum absolute atomic E-state index is 0.411. The van der Waals surface area contributed by atoms with Gasteiger partial charge in [-0.25, -0.2) is 0 Å². The first-order valence-corrected chi connectivity index (χ1v) is 8.75. The summed E-state index contributed by atoms with van der Waals surface area (Å²) in [5.41, 5.74) is 2.26. The second-order valence-corrected chi connectivity index (χ2v) is 7.94. The summed E-state index contributed by atoms with van der Waals surface area (Å²) in [4.78, 5) is 0. The van der Waals surface area contributed by atoms with E-state index in [1.54, 1.807) is 19.0 Å². The number of rotatable bonds is 7. The zero-order valence-corrected chi connectivity index (χ0v) is 11.9. The van der Waals surface area contributed by atoms with E-state index in [1.807, 2.05) is 0 Å². The quantitative estimate of drug-likeness (QED) is 0.404. The van der Waals surface area contributed by atoms with E-state index in [1.165, 1.54) is 38.5 Å². The molecule has 1 aliphatic rings. The number of unbranched alkanes of at least 4 members (excludes halogenated alkanes) is 3. The van der Waals surface area contributed by atoms with Gasteiger partial charge in [0.05, 0.1) is 0 Å². The Morgan fingerprint density at radius 2 is 1.47 bits per heavy atom. The maximum atomic E-state index is 2.41. The van der Waals surface area contributed by atoms with Crippen LogP contribution in [0.3, 0.4) is 0 Å². The molecule has 0 bridgehead atoms. The van der Waals surface area contributed by atoms with Crippen LogP contribution in [0.25, 0.3) is 0 Å². The van der Waals surface area contributed by atoms with Gasteiger partial charge in [-0.1, -0.05) is 40.0 Å². The fraction of sp³-hybridized carbons (Fsp3) is 1.00. The van der Waals surface area contributed by atoms with Crippen molar-refractivity contribution in [2.75, 3.05) is 6.16 Å². The van der Waals surface area contributed by atoms with E-state index in [2.05, 4.69) is 20.8 Å².